The van der Waals surface area contributed by atoms with E-state index in [1.54, 1.807) is 31.2 Å². The third-order valence-electron chi connectivity index (χ3n) is 3.59. The fourth-order valence-corrected chi connectivity index (χ4v) is 2.15. The van der Waals surface area contributed by atoms with E-state index < -0.39 is 5.97 Å². The number of rotatable bonds is 6. The molecule has 1 amide bonds. The quantitative estimate of drug-likeness (QED) is 0.818. The molecule has 0 heterocycles. The molecule has 2 rings (SSSR count). The second kappa shape index (κ2) is 6.16. The average molecular weight is 291 g/mol. The minimum atomic E-state index is -0.410. The molecule has 1 aliphatic carbocycles. The van der Waals surface area contributed by atoms with Gasteiger partial charge in [-0.25, -0.2) is 4.79 Å². The van der Waals surface area contributed by atoms with Crippen LogP contribution < -0.4 is 10.1 Å². The van der Waals surface area contributed by atoms with E-state index in [1.807, 2.05) is 0 Å². The Bertz CT molecular complexity index is 539. The Balaban J connectivity index is 1.89. The molecule has 0 aliphatic heterocycles. The smallest absolute Gasteiger partial charge is 0.344 e. The molecule has 1 atom stereocenters. The number of anilines is 1. The van der Waals surface area contributed by atoms with Gasteiger partial charge in [-0.05, 0) is 30.9 Å². The van der Waals surface area contributed by atoms with Gasteiger partial charge in [-0.15, -0.1) is 0 Å². The summed E-state index contributed by atoms with van der Waals surface area (Å²) in [5, 5.41) is 2.88. The average Bonchev–Trinajstić information content (AvgIpc) is 3.06. The molecule has 0 bridgehead atoms. The van der Waals surface area contributed by atoms with Crippen molar-refractivity contribution in [1.82, 2.24) is 0 Å². The number of carbonyl (C=O) groups excluding carboxylic acids is 2. The SMILES string of the molecule is CCOC(=O)COc1cccc(NC(=O)C2CC2(C)C)c1. The van der Waals surface area contributed by atoms with Crippen LogP contribution in [-0.2, 0) is 14.3 Å². The summed E-state index contributed by atoms with van der Waals surface area (Å²) in [6.07, 6.45) is 0.915. The molecule has 1 unspecified atom stereocenters. The van der Waals surface area contributed by atoms with Crippen molar-refractivity contribution in [3.05, 3.63) is 24.3 Å². The fourth-order valence-electron chi connectivity index (χ4n) is 2.15. The highest BCUT2D eigenvalue weighted by molar-refractivity contribution is 5.95. The first-order chi connectivity index (χ1) is 9.92. The molecule has 21 heavy (non-hydrogen) atoms. The topological polar surface area (TPSA) is 64.6 Å². The maximum absolute atomic E-state index is 12.0. The van der Waals surface area contributed by atoms with Crippen molar-refractivity contribution < 1.29 is 19.1 Å². The van der Waals surface area contributed by atoms with Gasteiger partial charge in [-0.1, -0.05) is 19.9 Å². The van der Waals surface area contributed by atoms with E-state index in [0.29, 0.717) is 18.0 Å². The molecular weight excluding hydrogens is 270 g/mol. The molecule has 1 saturated carbocycles. The lowest BCUT2D eigenvalue weighted by molar-refractivity contribution is -0.145. The molecule has 5 nitrogen and oxygen atoms in total. The normalized spacial score (nSPS) is 18.7. The highest BCUT2D eigenvalue weighted by Crippen LogP contribution is 2.52. The van der Waals surface area contributed by atoms with Gasteiger partial charge in [0.25, 0.3) is 0 Å². The second-order valence-electron chi connectivity index (χ2n) is 5.86. The van der Waals surface area contributed by atoms with Gasteiger partial charge in [0.05, 0.1) is 6.61 Å². The standard InChI is InChI=1S/C16H21NO4/c1-4-20-14(18)10-21-12-7-5-6-11(8-12)17-15(19)13-9-16(13,2)3/h5-8,13H,4,9-10H2,1-3H3,(H,17,19). The predicted molar refractivity (Wildman–Crippen MR) is 79.1 cm³/mol. The molecular formula is C16H21NO4. The summed E-state index contributed by atoms with van der Waals surface area (Å²) in [5.74, 6) is 0.215. The molecule has 0 aromatic heterocycles. The Morgan fingerprint density at radius 2 is 2.10 bits per heavy atom. The first-order valence-corrected chi connectivity index (χ1v) is 7.12. The number of esters is 1. The Labute approximate surface area is 124 Å². The van der Waals surface area contributed by atoms with Gasteiger partial charge < -0.3 is 14.8 Å². The van der Waals surface area contributed by atoms with E-state index >= 15 is 0 Å². The van der Waals surface area contributed by atoms with E-state index in [-0.39, 0.29) is 23.8 Å². The van der Waals surface area contributed by atoms with Crippen LogP contribution in [0.25, 0.3) is 0 Å². The number of carbonyl (C=O) groups is 2. The summed E-state index contributed by atoms with van der Waals surface area (Å²) < 4.78 is 10.1. The number of benzene rings is 1. The van der Waals surface area contributed by atoms with Gasteiger partial charge in [-0.2, -0.15) is 0 Å². The Morgan fingerprint density at radius 1 is 1.38 bits per heavy atom. The van der Waals surface area contributed by atoms with Crippen molar-refractivity contribution in [2.24, 2.45) is 11.3 Å². The van der Waals surface area contributed by atoms with Crippen molar-refractivity contribution in [3.8, 4) is 5.75 Å². The number of ether oxygens (including phenoxy) is 2. The van der Waals surface area contributed by atoms with Crippen molar-refractivity contribution >= 4 is 17.6 Å². The molecule has 1 aromatic rings. The summed E-state index contributed by atoms with van der Waals surface area (Å²) in [7, 11) is 0. The maximum Gasteiger partial charge on any atom is 0.344 e. The van der Waals surface area contributed by atoms with Gasteiger partial charge in [0.1, 0.15) is 5.75 Å². The predicted octanol–water partition coefficient (Wildman–Crippen LogP) is 2.61. The van der Waals surface area contributed by atoms with E-state index in [9.17, 15) is 9.59 Å². The zero-order valence-electron chi connectivity index (χ0n) is 12.6. The molecule has 0 spiro atoms. The van der Waals surface area contributed by atoms with Gasteiger partial charge in [0, 0.05) is 17.7 Å². The highest BCUT2D eigenvalue weighted by atomic mass is 16.6. The second-order valence-corrected chi connectivity index (χ2v) is 5.86. The van der Waals surface area contributed by atoms with Gasteiger partial charge in [-0.3, -0.25) is 4.79 Å². The van der Waals surface area contributed by atoms with Gasteiger partial charge in [0.15, 0.2) is 6.61 Å². The molecule has 5 heteroatoms. The van der Waals surface area contributed by atoms with E-state index in [1.165, 1.54) is 0 Å². The summed E-state index contributed by atoms with van der Waals surface area (Å²) in [6, 6.07) is 7.00. The van der Waals surface area contributed by atoms with Crippen molar-refractivity contribution in [3.63, 3.8) is 0 Å². The Kier molecular flexibility index (Phi) is 4.50. The highest BCUT2D eigenvalue weighted by Gasteiger charge is 2.50. The summed E-state index contributed by atoms with van der Waals surface area (Å²) in [6.45, 7) is 6.09. The fraction of sp³-hybridized carbons (Fsp3) is 0.500. The molecule has 0 saturated heterocycles. The Hall–Kier alpha value is -2.04. The lowest BCUT2D eigenvalue weighted by Crippen LogP contribution is -2.17. The van der Waals surface area contributed by atoms with E-state index in [2.05, 4.69) is 19.2 Å². The molecule has 0 radical (unpaired) electrons. The van der Waals surface area contributed by atoms with Crippen molar-refractivity contribution in [2.75, 3.05) is 18.5 Å². The molecule has 1 aliphatic rings. The van der Waals surface area contributed by atoms with Crippen LogP contribution in [0, 0.1) is 11.3 Å². The van der Waals surface area contributed by atoms with Crippen LogP contribution in [0.15, 0.2) is 24.3 Å². The van der Waals surface area contributed by atoms with Gasteiger partial charge in [0.2, 0.25) is 5.91 Å². The molecule has 1 N–H and O–H groups in total. The van der Waals surface area contributed by atoms with Crippen molar-refractivity contribution in [1.29, 1.82) is 0 Å². The number of hydrogen-bond acceptors (Lipinski definition) is 4. The summed E-state index contributed by atoms with van der Waals surface area (Å²) in [4.78, 5) is 23.3. The van der Waals surface area contributed by atoms with Crippen LogP contribution in [-0.4, -0.2) is 25.1 Å². The zero-order valence-corrected chi connectivity index (χ0v) is 12.6. The summed E-state index contributed by atoms with van der Waals surface area (Å²) >= 11 is 0. The van der Waals surface area contributed by atoms with Crippen LogP contribution >= 0.6 is 0 Å². The number of nitrogens with one attached hydrogen (secondary N) is 1. The lowest BCUT2D eigenvalue weighted by Gasteiger charge is -2.09. The van der Waals surface area contributed by atoms with Gasteiger partial charge >= 0.3 is 5.97 Å². The third kappa shape index (κ3) is 4.21. The molecule has 114 valence electrons. The minimum Gasteiger partial charge on any atom is -0.482 e. The van der Waals surface area contributed by atoms with E-state index in [4.69, 9.17) is 9.47 Å². The van der Waals surface area contributed by atoms with E-state index in [0.717, 1.165) is 6.42 Å². The zero-order chi connectivity index (χ0) is 15.5. The number of hydrogen-bond donors (Lipinski definition) is 1. The molecule has 1 fully saturated rings. The first kappa shape index (κ1) is 15.4. The summed E-state index contributed by atoms with van der Waals surface area (Å²) in [5.41, 5.74) is 0.770. The number of amides is 1. The monoisotopic (exact) mass is 291 g/mol. The minimum absolute atomic E-state index is 0.0301. The first-order valence-electron chi connectivity index (χ1n) is 7.12. The maximum atomic E-state index is 12.0. The largest absolute Gasteiger partial charge is 0.482 e. The van der Waals surface area contributed by atoms with Crippen LogP contribution in [0.2, 0.25) is 0 Å². The van der Waals surface area contributed by atoms with Crippen molar-refractivity contribution in [2.45, 2.75) is 27.2 Å². The van der Waals surface area contributed by atoms with Crippen LogP contribution in [0.5, 0.6) is 5.75 Å². The lowest BCUT2D eigenvalue weighted by atomic mass is 10.1. The van der Waals surface area contributed by atoms with Crippen LogP contribution in [0.3, 0.4) is 0 Å². The van der Waals surface area contributed by atoms with Crippen LogP contribution in [0.4, 0.5) is 5.69 Å². The third-order valence-corrected chi connectivity index (χ3v) is 3.59. The van der Waals surface area contributed by atoms with Crippen LogP contribution in [0.1, 0.15) is 27.2 Å². The Morgan fingerprint density at radius 3 is 2.71 bits per heavy atom. The molecule has 1 aromatic carbocycles.